The van der Waals surface area contributed by atoms with Gasteiger partial charge in [-0.25, -0.2) is 8.42 Å². The van der Waals surface area contributed by atoms with E-state index in [9.17, 15) is 8.42 Å². The zero-order valence-corrected chi connectivity index (χ0v) is 16.7. The molecule has 1 saturated heterocycles. The fourth-order valence-electron chi connectivity index (χ4n) is 3.51. The van der Waals surface area contributed by atoms with Crippen molar-refractivity contribution in [1.29, 1.82) is 0 Å². The van der Waals surface area contributed by atoms with Crippen LogP contribution in [-0.2, 0) is 16.4 Å². The van der Waals surface area contributed by atoms with E-state index in [0.717, 1.165) is 19.5 Å². The third-order valence-electron chi connectivity index (χ3n) is 4.90. The zero-order chi connectivity index (χ0) is 18.7. The topological polar surface area (TPSA) is 40.6 Å². The third kappa shape index (κ3) is 4.10. The first-order valence-corrected chi connectivity index (χ1v) is 10.7. The quantitative estimate of drug-likeness (QED) is 0.803. The molecule has 0 atom stereocenters. The molecule has 0 N–H and O–H groups in total. The Morgan fingerprint density at radius 3 is 2.12 bits per heavy atom. The number of rotatable bonds is 5. The molecule has 5 heteroatoms. The molecule has 140 valence electrons. The Morgan fingerprint density at radius 1 is 0.923 bits per heavy atom. The van der Waals surface area contributed by atoms with Crippen molar-refractivity contribution in [3.8, 4) is 0 Å². The molecule has 1 aliphatic heterocycles. The smallest absolute Gasteiger partial charge is 0.243 e. The molecule has 0 unspecified atom stereocenters. The highest BCUT2D eigenvalue weighted by molar-refractivity contribution is 7.89. The molecule has 0 bridgehead atoms. The summed E-state index contributed by atoms with van der Waals surface area (Å²) < 4.78 is 27.5. The number of sulfonamides is 1. The first-order valence-electron chi connectivity index (χ1n) is 9.27. The fourth-order valence-corrected chi connectivity index (χ4v) is 4.93. The number of hydrogen-bond donors (Lipinski definition) is 0. The Bertz CT molecular complexity index is 837. The molecule has 0 amide bonds. The van der Waals surface area contributed by atoms with Gasteiger partial charge in [-0.1, -0.05) is 44.2 Å². The molecule has 0 radical (unpaired) electrons. The van der Waals surface area contributed by atoms with Gasteiger partial charge in [-0.3, -0.25) is 0 Å². The number of nitrogens with zero attached hydrogens (tertiary/aromatic N) is 2. The van der Waals surface area contributed by atoms with Crippen LogP contribution in [0.2, 0.25) is 0 Å². The molecule has 1 aliphatic rings. The van der Waals surface area contributed by atoms with Crippen molar-refractivity contribution in [2.75, 3.05) is 31.1 Å². The molecule has 3 rings (SSSR count). The van der Waals surface area contributed by atoms with Crippen molar-refractivity contribution in [2.45, 2.75) is 32.1 Å². The van der Waals surface area contributed by atoms with Crippen molar-refractivity contribution >= 4 is 15.7 Å². The summed E-state index contributed by atoms with van der Waals surface area (Å²) in [6.45, 7) is 8.90. The SMILES string of the molecule is Cc1ccccc1N1CCN(S(=O)(=O)c2ccc(CC(C)C)cc2)CC1. The minimum Gasteiger partial charge on any atom is -0.369 e. The van der Waals surface area contributed by atoms with E-state index in [1.54, 1.807) is 16.4 Å². The molecule has 0 aromatic heterocycles. The summed E-state index contributed by atoms with van der Waals surface area (Å²) in [6.07, 6.45) is 0.968. The molecule has 1 fully saturated rings. The molecule has 0 saturated carbocycles. The van der Waals surface area contributed by atoms with E-state index >= 15 is 0 Å². The minimum atomic E-state index is -3.42. The molecule has 26 heavy (non-hydrogen) atoms. The van der Waals surface area contributed by atoms with Crippen LogP contribution >= 0.6 is 0 Å². The Labute approximate surface area is 157 Å². The van der Waals surface area contributed by atoms with Crippen molar-refractivity contribution in [1.82, 2.24) is 4.31 Å². The second-order valence-electron chi connectivity index (χ2n) is 7.42. The summed E-state index contributed by atoms with van der Waals surface area (Å²) in [5, 5.41) is 0. The highest BCUT2D eigenvalue weighted by Gasteiger charge is 2.28. The lowest BCUT2D eigenvalue weighted by Crippen LogP contribution is -2.48. The molecule has 1 heterocycles. The number of benzene rings is 2. The van der Waals surface area contributed by atoms with Crippen molar-refractivity contribution < 1.29 is 8.42 Å². The van der Waals surface area contributed by atoms with E-state index in [2.05, 4.69) is 37.8 Å². The molecule has 2 aromatic carbocycles. The van der Waals surface area contributed by atoms with Gasteiger partial charge in [0.1, 0.15) is 0 Å². The van der Waals surface area contributed by atoms with Gasteiger partial charge in [0.15, 0.2) is 0 Å². The van der Waals surface area contributed by atoms with Crippen LogP contribution in [0, 0.1) is 12.8 Å². The summed E-state index contributed by atoms with van der Waals surface area (Å²) >= 11 is 0. The summed E-state index contributed by atoms with van der Waals surface area (Å²) in [4.78, 5) is 2.67. The summed E-state index contributed by atoms with van der Waals surface area (Å²) in [5.74, 6) is 0.562. The Morgan fingerprint density at radius 2 is 1.54 bits per heavy atom. The second kappa shape index (κ2) is 7.80. The van der Waals surface area contributed by atoms with Gasteiger partial charge in [-0.2, -0.15) is 4.31 Å². The second-order valence-corrected chi connectivity index (χ2v) is 9.36. The van der Waals surface area contributed by atoms with Crippen molar-refractivity contribution in [3.63, 3.8) is 0 Å². The first-order chi connectivity index (χ1) is 12.4. The summed E-state index contributed by atoms with van der Waals surface area (Å²) in [6, 6.07) is 15.6. The fraction of sp³-hybridized carbons (Fsp3) is 0.429. The minimum absolute atomic E-state index is 0.398. The van der Waals surface area contributed by atoms with Crippen LogP contribution < -0.4 is 4.90 Å². The number of aryl methyl sites for hydroxylation is 1. The lowest BCUT2D eigenvalue weighted by Gasteiger charge is -2.36. The van der Waals surface area contributed by atoms with E-state index < -0.39 is 10.0 Å². The van der Waals surface area contributed by atoms with Crippen LogP contribution in [0.4, 0.5) is 5.69 Å². The average Bonchev–Trinajstić information content (AvgIpc) is 2.62. The van der Waals surface area contributed by atoms with Gasteiger partial charge in [0, 0.05) is 31.9 Å². The highest BCUT2D eigenvalue weighted by atomic mass is 32.2. The van der Waals surface area contributed by atoms with Crippen molar-refractivity contribution in [2.24, 2.45) is 5.92 Å². The van der Waals surface area contributed by atoms with Crippen LogP contribution in [0.5, 0.6) is 0 Å². The van der Waals surface area contributed by atoms with Gasteiger partial charge in [0.2, 0.25) is 10.0 Å². The van der Waals surface area contributed by atoms with Crippen LogP contribution in [0.1, 0.15) is 25.0 Å². The lowest BCUT2D eigenvalue weighted by molar-refractivity contribution is 0.384. The van der Waals surface area contributed by atoms with Gasteiger partial charge in [-0.05, 0) is 48.6 Å². The highest BCUT2D eigenvalue weighted by Crippen LogP contribution is 2.24. The molecule has 0 spiro atoms. The average molecular weight is 373 g/mol. The number of para-hydroxylation sites is 1. The van der Waals surface area contributed by atoms with E-state index in [-0.39, 0.29) is 0 Å². The number of anilines is 1. The normalized spacial score (nSPS) is 16.2. The van der Waals surface area contributed by atoms with Crippen LogP contribution in [0.3, 0.4) is 0 Å². The van der Waals surface area contributed by atoms with Gasteiger partial charge in [-0.15, -0.1) is 0 Å². The maximum absolute atomic E-state index is 12.9. The Hall–Kier alpha value is -1.85. The molecular weight excluding hydrogens is 344 g/mol. The predicted octanol–water partition coefficient (Wildman–Crippen LogP) is 3.70. The van der Waals surface area contributed by atoms with E-state index in [4.69, 9.17) is 0 Å². The standard InChI is InChI=1S/C21H28N2O2S/c1-17(2)16-19-8-10-20(11-9-19)26(24,25)23-14-12-22(13-15-23)21-7-5-4-6-18(21)3/h4-11,17H,12-16H2,1-3H3. The monoisotopic (exact) mass is 372 g/mol. The maximum atomic E-state index is 12.9. The Kier molecular flexibility index (Phi) is 5.68. The van der Waals surface area contributed by atoms with E-state index in [1.807, 2.05) is 24.3 Å². The number of hydrogen-bond acceptors (Lipinski definition) is 3. The third-order valence-corrected chi connectivity index (χ3v) is 6.81. The van der Waals surface area contributed by atoms with Crippen molar-refractivity contribution in [3.05, 3.63) is 59.7 Å². The van der Waals surface area contributed by atoms with Gasteiger partial charge < -0.3 is 4.90 Å². The largest absolute Gasteiger partial charge is 0.369 e. The van der Waals surface area contributed by atoms with E-state index in [0.29, 0.717) is 23.9 Å². The van der Waals surface area contributed by atoms with Gasteiger partial charge in [0.05, 0.1) is 4.90 Å². The van der Waals surface area contributed by atoms with Gasteiger partial charge in [0.25, 0.3) is 0 Å². The van der Waals surface area contributed by atoms with Gasteiger partial charge >= 0.3 is 0 Å². The maximum Gasteiger partial charge on any atom is 0.243 e. The predicted molar refractivity (Wildman–Crippen MR) is 107 cm³/mol. The first kappa shape index (κ1) is 18.9. The summed E-state index contributed by atoms with van der Waals surface area (Å²) in [7, 11) is -3.42. The van der Waals surface area contributed by atoms with E-state index in [1.165, 1.54) is 16.8 Å². The zero-order valence-electron chi connectivity index (χ0n) is 15.9. The Balaban J connectivity index is 1.69. The molecular formula is C21H28N2O2S. The molecule has 4 nitrogen and oxygen atoms in total. The molecule has 2 aromatic rings. The van der Waals surface area contributed by atoms with Crippen LogP contribution in [-0.4, -0.2) is 38.9 Å². The summed E-state index contributed by atoms with van der Waals surface area (Å²) in [5.41, 5.74) is 3.61. The lowest BCUT2D eigenvalue weighted by atomic mass is 10.0. The number of piperazine rings is 1. The molecule has 0 aliphatic carbocycles. The van der Waals surface area contributed by atoms with Crippen LogP contribution in [0.25, 0.3) is 0 Å². The van der Waals surface area contributed by atoms with Crippen LogP contribution in [0.15, 0.2) is 53.4 Å².